The molecular formula is C18H19FN2O2. The predicted octanol–water partition coefficient (Wildman–Crippen LogP) is 3.11. The quantitative estimate of drug-likeness (QED) is 0.842. The highest BCUT2D eigenvalue weighted by Gasteiger charge is 2.46. The fourth-order valence-electron chi connectivity index (χ4n) is 3.11. The number of amides is 1. The van der Waals surface area contributed by atoms with Crippen molar-refractivity contribution in [1.82, 2.24) is 4.90 Å². The number of ketones is 1. The van der Waals surface area contributed by atoms with E-state index in [-0.39, 0.29) is 16.9 Å². The number of hydrogen-bond acceptors (Lipinski definition) is 3. The number of hydrogen-bond donors (Lipinski definition) is 0. The third-order valence-corrected chi connectivity index (χ3v) is 4.41. The number of nitrogens with zero attached hydrogens (tertiary/aromatic N) is 2. The highest BCUT2D eigenvalue weighted by molar-refractivity contribution is 6.04. The van der Waals surface area contributed by atoms with Gasteiger partial charge >= 0.3 is 0 Å². The van der Waals surface area contributed by atoms with Crippen molar-refractivity contribution in [1.29, 1.82) is 5.26 Å². The van der Waals surface area contributed by atoms with Gasteiger partial charge in [-0.05, 0) is 31.6 Å². The zero-order valence-electron chi connectivity index (χ0n) is 13.7. The van der Waals surface area contributed by atoms with Gasteiger partial charge in [0.2, 0.25) is 0 Å². The zero-order chi connectivity index (χ0) is 17.4. The summed E-state index contributed by atoms with van der Waals surface area (Å²) >= 11 is 0. The molecule has 0 bridgehead atoms. The Morgan fingerprint density at radius 2 is 1.91 bits per heavy atom. The van der Waals surface area contributed by atoms with Crippen LogP contribution in [0.1, 0.15) is 37.6 Å². The Hall–Kier alpha value is -2.48. The fraction of sp³-hybridized carbons (Fsp3) is 0.389. The summed E-state index contributed by atoms with van der Waals surface area (Å²) in [6.45, 7) is 5.27. The van der Waals surface area contributed by atoms with Crippen molar-refractivity contribution in [3.63, 3.8) is 0 Å². The van der Waals surface area contributed by atoms with Gasteiger partial charge in [-0.15, -0.1) is 0 Å². The highest BCUT2D eigenvalue weighted by atomic mass is 19.1. The minimum atomic E-state index is -0.845. The Bertz CT molecular complexity index is 746. The van der Waals surface area contributed by atoms with Gasteiger partial charge in [-0.1, -0.05) is 26.0 Å². The van der Waals surface area contributed by atoms with E-state index in [1.807, 2.05) is 6.07 Å². The van der Waals surface area contributed by atoms with E-state index in [0.717, 1.165) is 0 Å². The van der Waals surface area contributed by atoms with Gasteiger partial charge in [-0.25, -0.2) is 4.39 Å². The number of allylic oxidation sites excluding steroid dienone is 1. The van der Waals surface area contributed by atoms with Gasteiger partial charge in [0.15, 0.2) is 5.78 Å². The molecule has 1 aromatic carbocycles. The maximum atomic E-state index is 13.9. The number of carbonyl (C=O) groups is 2. The molecule has 0 spiro atoms. The van der Waals surface area contributed by atoms with E-state index >= 15 is 0 Å². The van der Waals surface area contributed by atoms with Crippen LogP contribution in [0.15, 0.2) is 35.9 Å². The van der Waals surface area contributed by atoms with Crippen molar-refractivity contribution in [2.75, 3.05) is 7.05 Å². The van der Waals surface area contributed by atoms with E-state index in [1.165, 1.54) is 29.2 Å². The van der Waals surface area contributed by atoms with Crippen LogP contribution in [0, 0.1) is 22.6 Å². The number of likely N-dealkylation sites (N-methyl/N-ethyl adjacent to an activating group) is 1. The highest BCUT2D eigenvalue weighted by Crippen LogP contribution is 2.40. The van der Waals surface area contributed by atoms with E-state index < -0.39 is 22.7 Å². The molecule has 0 heterocycles. The Kier molecular flexibility index (Phi) is 4.12. The molecule has 1 aliphatic carbocycles. The Morgan fingerprint density at radius 1 is 1.30 bits per heavy atom. The average molecular weight is 314 g/mol. The molecule has 0 radical (unpaired) electrons. The first kappa shape index (κ1) is 16.9. The lowest BCUT2D eigenvalue weighted by Crippen LogP contribution is -2.52. The summed E-state index contributed by atoms with van der Waals surface area (Å²) < 4.78 is 13.9. The lowest BCUT2D eigenvalue weighted by Gasteiger charge is -2.44. The molecule has 5 heteroatoms. The van der Waals surface area contributed by atoms with Crippen LogP contribution in [0.25, 0.3) is 0 Å². The van der Waals surface area contributed by atoms with Crippen molar-refractivity contribution in [2.45, 2.75) is 32.7 Å². The number of benzene rings is 1. The minimum absolute atomic E-state index is 0.0298. The summed E-state index contributed by atoms with van der Waals surface area (Å²) in [6, 6.07) is 7.67. The van der Waals surface area contributed by atoms with Crippen LogP contribution < -0.4 is 0 Å². The molecule has 2 rings (SSSR count). The summed E-state index contributed by atoms with van der Waals surface area (Å²) in [6.07, 6.45) is 1.88. The van der Waals surface area contributed by atoms with Crippen molar-refractivity contribution >= 4 is 11.7 Å². The molecule has 0 aromatic heterocycles. The van der Waals surface area contributed by atoms with Crippen molar-refractivity contribution < 1.29 is 14.0 Å². The van der Waals surface area contributed by atoms with E-state index in [0.29, 0.717) is 6.42 Å². The van der Waals surface area contributed by atoms with Gasteiger partial charge in [-0.2, -0.15) is 5.26 Å². The van der Waals surface area contributed by atoms with E-state index in [4.69, 9.17) is 0 Å². The van der Waals surface area contributed by atoms with Gasteiger partial charge < -0.3 is 4.90 Å². The van der Waals surface area contributed by atoms with Crippen LogP contribution in [0.2, 0.25) is 0 Å². The molecule has 0 aliphatic heterocycles. The van der Waals surface area contributed by atoms with Crippen LogP contribution in [-0.4, -0.2) is 29.2 Å². The first-order valence-corrected chi connectivity index (χ1v) is 7.33. The maximum absolute atomic E-state index is 13.9. The van der Waals surface area contributed by atoms with Crippen LogP contribution in [-0.2, 0) is 4.79 Å². The molecule has 1 amide bonds. The molecule has 1 aliphatic rings. The summed E-state index contributed by atoms with van der Waals surface area (Å²) in [5, 5.41) is 9.20. The van der Waals surface area contributed by atoms with Crippen molar-refractivity contribution in [3.8, 4) is 6.07 Å². The second-order valence-electron chi connectivity index (χ2n) is 6.76. The van der Waals surface area contributed by atoms with E-state index in [2.05, 4.69) is 0 Å². The third-order valence-electron chi connectivity index (χ3n) is 4.41. The normalized spacial score (nSPS) is 23.0. The van der Waals surface area contributed by atoms with Crippen LogP contribution >= 0.6 is 0 Å². The van der Waals surface area contributed by atoms with Crippen molar-refractivity contribution in [3.05, 3.63) is 47.3 Å². The topological polar surface area (TPSA) is 61.2 Å². The molecule has 0 saturated heterocycles. The summed E-state index contributed by atoms with van der Waals surface area (Å²) in [5.74, 6) is -1.31. The smallest absolute Gasteiger partial charge is 0.257 e. The Balaban J connectivity index is 2.46. The van der Waals surface area contributed by atoms with Crippen LogP contribution in [0.3, 0.4) is 0 Å². The Morgan fingerprint density at radius 3 is 2.48 bits per heavy atom. The van der Waals surface area contributed by atoms with Crippen LogP contribution in [0.4, 0.5) is 4.39 Å². The number of rotatable bonds is 2. The first-order chi connectivity index (χ1) is 10.6. The van der Waals surface area contributed by atoms with E-state index in [9.17, 15) is 19.2 Å². The predicted molar refractivity (Wildman–Crippen MR) is 84.0 cm³/mol. The molecule has 1 unspecified atom stereocenters. The molecule has 120 valence electrons. The average Bonchev–Trinajstić information content (AvgIpc) is 2.49. The molecule has 0 fully saturated rings. The lowest BCUT2D eigenvalue weighted by molar-refractivity contribution is -0.125. The largest absolute Gasteiger partial charge is 0.333 e. The number of Topliss-reactive ketones (excluding diaryl/α,β-unsaturated/α-hetero) is 1. The number of nitriles is 1. The monoisotopic (exact) mass is 314 g/mol. The molecule has 4 nitrogen and oxygen atoms in total. The molecule has 0 saturated carbocycles. The fourth-order valence-corrected chi connectivity index (χ4v) is 3.11. The molecule has 23 heavy (non-hydrogen) atoms. The van der Waals surface area contributed by atoms with Crippen LogP contribution in [0.5, 0.6) is 0 Å². The SMILES string of the molecule is CN(C(=O)c1ccccc1F)C1(C)C=C(C#N)C(=O)C(C)(C)C1. The summed E-state index contributed by atoms with van der Waals surface area (Å²) in [7, 11) is 1.56. The standard InChI is InChI=1S/C18H19FN2O2/c1-17(2)11-18(3,9-12(10-20)15(17)22)21(4)16(23)13-7-5-6-8-14(13)19/h5-9H,11H2,1-4H3. The van der Waals surface area contributed by atoms with Gasteiger partial charge in [0.05, 0.1) is 16.7 Å². The summed E-state index contributed by atoms with van der Waals surface area (Å²) in [5.41, 5.74) is -1.60. The zero-order valence-corrected chi connectivity index (χ0v) is 13.7. The molecule has 1 atom stereocenters. The second-order valence-corrected chi connectivity index (χ2v) is 6.76. The van der Waals surface area contributed by atoms with Gasteiger partial charge in [0, 0.05) is 12.5 Å². The van der Waals surface area contributed by atoms with E-state index in [1.54, 1.807) is 33.9 Å². The minimum Gasteiger partial charge on any atom is -0.333 e. The number of carbonyl (C=O) groups excluding carboxylic acids is 2. The summed E-state index contributed by atoms with van der Waals surface area (Å²) in [4.78, 5) is 26.3. The second kappa shape index (κ2) is 5.62. The lowest BCUT2D eigenvalue weighted by atomic mass is 9.68. The molecule has 1 aromatic rings. The number of halogens is 1. The van der Waals surface area contributed by atoms with Crippen molar-refractivity contribution in [2.24, 2.45) is 5.41 Å². The van der Waals surface area contributed by atoms with Gasteiger partial charge in [0.25, 0.3) is 5.91 Å². The molecule has 0 N–H and O–H groups in total. The maximum Gasteiger partial charge on any atom is 0.257 e. The third kappa shape index (κ3) is 2.89. The molecular weight excluding hydrogens is 295 g/mol. The van der Waals surface area contributed by atoms with Gasteiger partial charge in [-0.3, -0.25) is 9.59 Å². The van der Waals surface area contributed by atoms with Gasteiger partial charge in [0.1, 0.15) is 11.9 Å². The first-order valence-electron chi connectivity index (χ1n) is 7.33. The Labute approximate surface area is 135 Å².